The highest BCUT2D eigenvalue weighted by molar-refractivity contribution is 5.71. The molecule has 0 aliphatic carbocycles. The molecule has 1 rings (SSSR count). The van der Waals surface area contributed by atoms with E-state index in [0.717, 1.165) is 0 Å². The van der Waals surface area contributed by atoms with Crippen LogP contribution in [0.25, 0.3) is 0 Å². The van der Waals surface area contributed by atoms with Crippen LogP contribution in [0.15, 0.2) is 0 Å². The lowest BCUT2D eigenvalue weighted by molar-refractivity contribution is -0.362. The SMILES string of the molecule is O=C1CCC(C(F)(C(F)(F)F)C(F)(F)F)O1. The summed E-state index contributed by atoms with van der Waals surface area (Å²) >= 11 is 0. The summed E-state index contributed by atoms with van der Waals surface area (Å²) < 4.78 is 89.4. The van der Waals surface area contributed by atoms with Gasteiger partial charge in [0.2, 0.25) is 0 Å². The van der Waals surface area contributed by atoms with Crippen molar-refractivity contribution in [3.63, 3.8) is 0 Å². The van der Waals surface area contributed by atoms with Gasteiger partial charge in [0.05, 0.1) is 0 Å². The molecule has 9 heteroatoms. The molecule has 0 aromatic heterocycles. The number of rotatable bonds is 1. The van der Waals surface area contributed by atoms with E-state index in [1.165, 1.54) is 0 Å². The summed E-state index contributed by atoms with van der Waals surface area (Å²) in [6, 6.07) is 0. The molecular formula is C7H5F7O2. The number of esters is 1. The van der Waals surface area contributed by atoms with Crippen LogP contribution >= 0.6 is 0 Å². The molecular weight excluding hydrogens is 249 g/mol. The van der Waals surface area contributed by atoms with E-state index in [0.29, 0.717) is 0 Å². The third-order valence-corrected chi connectivity index (χ3v) is 2.15. The van der Waals surface area contributed by atoms with Crippen molar-refractivity contribution in [3.8, 4) is 0 Å². The van der Waals surface area contributed by atoms with Gasteiger partial charge >= 0.3 is 24.0 Å². The van der Waals surface area contributed by atoms with Gasteiger partial charge in [-0.05, 0) is 6.42 Å². The van der Waals surface area contributed by atoms with Gasteiger partial charge in [0.25, 0.3) is 0 Å². The van der Waals surface area contributed by atoms with Gasteiger partial charge in [-0.3, -0.25) is 4.79 Å². The Labute approximate surface area is 84.4 Å². The number of halogens is 7. The van der Waals surface area contributed by atoms with Crippen molar-refractivity contribution in [2.45, 2.75) is 37.0 Å². The zero-order valence-corrected chi connectivity index (χ0v) is 7.45. The molecule has 1 aliphatic rings. The number of alkyl halides is 7. The monoisotopic (exact) mass is 254 g/mol. The molecule has 0 bridgehead atoms. The highest BCUT2D eigenvalue weighted by Crippen LogP contribution is 2.51. The molecule has 94 valence electrons. The van der Waals surface area contributed by atoms with Gasteiger partial charge in [-0.15, -0.1) is 0 Å². The van der Waals surface area contributed by atoms with E-state index in [-0.39, 0.29) is 0 Å². The van der Waals surface area contributed by atoms with Crippen LogP contribution in [0.3, 0.4) is 0 Å². The standard InChI is InChI=1S/C7H5F7O2/c8-5(6(9,10)11,7(12,13)14)3-1-2-4(15)16-3/h3H,1-2H2. The molecule has 1 unspecified atom stereocenters. The predicted octanol–water partition coefficient (Wildman–Crippen LogP) is 2.52. The molecule has 1 saturated heterocycles. The second-order valence-electron chi connectivity index (χ2n) is 3.22. The fourth-order valence-corrected chi connectivity index (χ4v) is 1.33. The molecule has 0 aromatic rings. The smallest absolute Gasteiger partial charge is 0.435 e. The van der Waals surface area contributed by atoms with Gasteiger partial charge in [0, 0.05) is 6.42 Å². The molecule has 1 atom stereocenters. The van der Waals surface area contributed by atoms with Crippen LogP contribution in [0.1, 0.15) is 12.8 Å². The first-order valence-electron chi connectivity index (χ1n) is 4.02. The Kier molecular flexibility index (Phi) is 2.85. The molecule has 16 heavy (non-hydrogen) atoms. The van der Waals surface area contributed by atoms with Gasteiger partial charge < -0.3 is 4.74 Å². The summed E-state index contributed by atoms with van der Waals surface area (Å²) in [7, 11) is 0. The van der Waals surface area contributed by atoms with E-state index in [9.17, 15) is 35.5 Å². The average Bonchev–Trinajstić information content (AvgIpc) is 2.46. The highest BCUT2D eigenvalue weighted by atomic mass is 19.4. The van der Waals surface area contributed by atoms with E-state index in [1.807, 2.05) is 0 Å². The average molecular weight is 254 g/mol. The van der Waals surface area contributed by atoms with Crippen molar-refractivity contribution in [3.05, 3.63) is 0 Å². The maximum absolute atomic E-state index is 13.2. The number of hydrogen-bond donors (Lipinski definition) is 0. The van der Waals surface area contributed by atoms with Gasteiger partial charge in [0.1, 0.15) is 0 Å². The van der Waals surface area contributed by atoms with Gasteiger partial charge in [0.15, 0.2) is 6.10 Å². The van der Waals surface area contributed by atoms with E-state index in [1.54, 1.807) is 0 Å². The van der Waals surface area contributed by atoms with E-state index in [2.05, 4.69) is 4.74 Å². The van der Waals surface area contributed by atoms with E-state index >= 15 is 0 Å². The van der Waals surface area contributed by atoms with Crippen molar-refractivity contribution in [2.75, 3.05) is 0 Å². The van der Waals surface area contributed by atoms with Crippen molar-refractivity contribution in [1.29, 1.82) is 0 Å². The number of carbonyl (C=O) groups excluding carboxylic acids is 1. The second-order valence-corrected chi connectivity index (χ2v) is 3.22. The molecule has 2 nitrogen and oxygen atoms in total. The first-order valence-corrected chi connectivity index (χ1v) is 4.02. The Bertz CT molecular complexity index is 278. The minimum Gasteiger partial charge on any atom is -0.458 e. The fraction of sp³-hybridized carbons (Fsp3) is 0.857. The molecule has 0 radical (unpaired) electrons. The lowest BCUT2D eigenvalue weighted by atomic mass is 9.95. The summed E-state index contributed by atoms with van der Waals surface area (Å²) in [6.45, 7) is 0. The Morgan fingerprint density at radius 3 is 1.69 bits per heavy atom. The van der Waals surface area contributed by atoms with Crippen molar-refractivity contribution in [2.24, 2.45) is 0 Å². The summed E-state index contributed by atoms with van der Waals surface area (Å²) in [5, 5.41) is 0. The first-order chi connectivity index (χ1) is 7.00. The number of carbonyl (C=O) groups is 1. The van der Waals surface area contributed by atoms with Gasteiger partial charge in [-0.25, -0.2) is 4.39 Å². The second kappa shape index (κ2) is 3.49. The van der Waals surface area contributed by atoms with Crippen LogP contribution in [0.5, 0.6) is 0 Å². The van der Waals surface area contributed by atoms with Crippen LogP contribution in [0.2, 0.25) is 0 Å². The summed E-state index contributed by atoms with van der Waals surface area (Å²) in [5.74, 6) is -1.28. The number of hydrogen-bond acceptors (Lipinski definition) is 2. The molecule has 0 spiro atoms. The topological polar surface area (TPSA) is 26.3 Å². The predicted molar refractivity (Wildman–Crippen MR) is 35.1 cm³/mol. The van der Waals surface area contributed by atoms with Crippen molar-refractivity contribution in [1.82, 2.24) is 0 Å². The van der Waals surface area contributed by atoms with E-state index < -0.39 is 42.9 Å². The van der Waals surface area contributed by atoms with Crippen LogP contribution in [0.4, 0.5) is 30.7 Å². The highest BCUT2D eigenvalue weighted by Gasteiger charge is 2.77. The Morgan fingerprint density at radius 1 is 1.00 bits per heavy atom. The molecule has 1 fully saturated rings. The molecule has 0 aromatic carbocycles. The first kappa shape index (κ1) is 13.0. The molecule has 0 N–H and O–H groups in total. The Balaban J connectivity index is 3.11. The van der Waals surface area contributed by atoms with E-state index in [4.69, 9.17) is 0 Å². The summed E-state index contributed by atoms with van der Waals surface area (Å²) in [5.41, 5.74) is -5.51. The third-order valence-electron chi connectivity index (χ3n) is 2.15. The number of ether oxygens (including phenoxy) is 1. The number of cyclic esters (lactones) is 1. The minimum atomic E-state index is -6.18. The fourth-order valence-electron chi connectivity index (χ4n) is 1.33. The van der Waals surface area contributed by atoms with Crippen LogP contribution < -0.4 is 0 Å². The maximum atomic E-state index is 13.2. The zero-order chi connectivity index (χ0) is 12.8. The molecule has 0 saturated carbocycles. The lowest BCUT2D eigenvalue weighted by Gasteiger charge is -2.33. The van der Waals surface area contributed by atoms with Crippen LogP contribution in [-0.2, 0) is 9.53 Å². The molecule has 1 heterocycles. The van der Waals surface area contributed by atoms with Crippen molar-refractivity contribution < 1.29 is 40.3 Å². The largest absolute Gasteiger partial charge is 0.458 e. The van der Waals surface area contributed by atoms with Crippen molar-refractivity contribution >= 4 is 5.97 Å². The maximum Gasteiger partial charge on any atom is 0.435 e. The minimum absolute atomic E-state index is 0.664. The van der Waals surface area contributed by atoms with Gasteiger partial charge in [-0.2, -0.15) is 26.3 Å². The Hall–Kier alpha value is -1.02. The summed E-state index contributed by atoms with van der Waals surface area (Å²) in [4.78, 5) is 10.4. The third kappa shape index (κ3) is 1.82. The van der Waals surface area contributed by atoms with Crippen LogP contribution in [-0.4, -0.2) is 30.1 Å². The zero-order valence-electron chi connectivity index (χ0n) is 7.45. The quantitative estimate of drug-likeness (QED) is 0.531. The molecule has 0 amide bonds. The Morgan fingerprint density at radius 2 is 1.44 bits per heavy atom. The summed E-state index contributed by atoms with van der Waals surface area (Å²) in [6.07, 6.45) is -16.8. The lowest BCUT2D eigenvalue weighted by Crippen LogP contribution is -2.60. The van der Waals surface area contributed by atoms with Gasteiger partial charge in [-0.1, -0.05) is 0 Å². The molecule has 1 aliphatic heterocycles. The van der Waals surface area contributed by atoms with Crippen LogP contribution in [0, 0.1) is 0 Å². The normalized spacial score (nSPS) is 23.4.